The van der Waals surface area contributed by atoms with E-state index in [2.05, 4.69) is 43.1 Å². The summed E-state index contributed by atoms with van der Waals surface area (Å²) in [6.45, 7) is 7.50. The molecule has 5 heteroatoms. The van der Waals surface area contributed by atoms with Gasteiger partial charge in [0.1, 0.15) is 0 Å². The van der Waals surface area contributed by atoms with Crippen molar-refractivity contribution in [1.29, 1.82) is 0 Å². The zero-order valence-electron chi connectivity index (χ0n) is 17.9. The molecule has 1 saturated carbocycles. The number of rotatable bonds is 7. The molecule has 30 heavy (non-hydrogen) atoms. The smallest absolute Gasteiger partial charge is 0.247 e. The number of benzene rings is 1. The van der Waals surface area contributed by atoms with Gasteiger partial charge in [-0.05, 0) is 62.9 Å². The maximum absolute atomic E-state index is 13.0. The van der Waals surface area contributed by atoms with Crippen LogP contribution in [0, 0.1) is 20.8 Å². The Kier molecular flexibility index (Phi) is 5.79. The van der Waals surface area contributed by atoms with E-state index in [-0.39, 0.29) is 5.91 Å². The Morgan fingerprint density at radius 2 is 1.77 bits per heavy atom. The van der Waals surface area contributed by atoms with Crippen molar-refractivity contribution in [3.05, 3.63) is 88.5 Å². The molecule has 2 aromatic heterocycles. The number of aromatic nitrogens is 3. The van der Waals surface area contributed by atoms with Gasteiger partial charge in [-0.25, -0.2) is 0 Å². The quantitative estimate of drug-likeness (QED) is 0.550. The molecule has 2 heterocycles. The van der Waals surface area contributed by atoms with Crippen molar-refractivity contribution in [2.24, 2.45) is 0 Å². The van der Waals surface area contributed by atoms with Crippen molar-refractivity contribution in [2.45, 2.75) is 52.7 Å². The van der Waals surface area contributed by atoms with Gasteiger partial charge in [0.15, 0.2) is 0 Å². The molecular weight excluding hydrogens is 372 g/mol. The Hall–Kier alpha value is -3.21. The van der Waals surface area contributed by atoms with E-state index in [9.17, 15) is 4.79 Å². The third-order valence-electron chi connectivity index (χ3n) is 5.66. The molecular formula is C25H28N4O. The molecule has 1 amide bonds. The molecule has 0 radical (unpaired) electrons. The standard InChI is InChI=1S/C25H28N4O/c1-18-4-6-21(7-5-18)17-29-20(3)24(19(2)27-29)10-11-25(30)28(23-8-9-23)16-22-12-14-26-15-13-22/h4-7,10-15,23H,8-9,16-17H2,1-3H3/b11-10+. The van der Waals surface area contributed by atoms with Gasteiger partial charge in [0.05, 0.1) is 12.2 Å². The molecule has 0 unspecified atom stereocenters. The lowest BCUT2D eigenvalue weighted by atomic mass is 10.1. The normalized spacial score (nSPS) is 13.7. The summed E-state index contributed by atoms with van der Waals surface area (Å²) in [5.41, 5.74) is 6.61. The minimum atomic E-state index is 0.0550. The van der Waals surface area contributed by atoms with Crippen LogP contribution in [0.2, 0.25) is 0 Å². The first-order valence-corrected chi connectivity index (χ1v) is 10.5. The van der Waals surface area contributed by atoms with E-state index in [1.807, 2.05) is 34.7 Å². The topological polar surface area (TPSA) is 51.0 Å². The van der Waals surface area contributed by atoms with Crippen LogP contribution in [0.25, 0.3) is 6.08 Å². The van der Waals surface area contributed by atoms with Gasteiger partial charge >= 0.3 is 0 Å². The summed E-state index contributed by atoms with van der Waals surface area (Å²) < 4.78 is 2.01. The Balaban J connectivity index is 1.49. The highest BCUT2D eigenvalue weighted by molar-refractivity contribution is 5.92. The number of hydrogen-bond acceptors (Lipinski definition) is 3. The monoisotopic (exact) mass is 400 g/mol. The highest BCUT2D eigenvalue weighted by Gasteiger charge is 2.31. The Morgan fingerprint density at radius 1 is 1.07 bits per heavy atom. The van der Waals surface area contributed by atoms with Crippen molar-refractivity contribution in [3.63, 3.8) is 0 Å². The number of carbonyl (C=O) groups is 1. The molecule has 0 atom stereocenters. The summed E-state index contributed by atoms with van der Waals surface area (Å²) in [5.74, 6) is 0.0550. The lowest BCUT2D eigenvalue weighted by Crippen LogP contribution is -2.31. The van der Waals surface area contributed by atoms with Crippen LogP contribution in [0.15, 0.2) is 54.9 Å². The fourth-order valence-electron chi connectivity index (χ4n) is 3.68. The molecule has 154 valence electrons. The molecule has 0 bridgehead atoms. The van der Waals surface area contributed by atoms with Gasteiger partial charge in [-0.2, -0.15) is 5.10 Å². The van der Waals surface area contributed by atoms with Crippen molar-refractivity contribution < 1.29 is 4.79 Å². The SMILES string of the molecule is Cc1ccc(Cn2nc(C)c(/C=C/C(=O)N(Cc3ccncc3)C3CC3)c2C)cc1. The molecule has 0 N–H and O–H groups in total. The average molecular weight is 401 g/mol. The fraction of sp³-hybridized carbons (Fsp3) is 0.320. The van der Waals surface area contributed by atoms with Crippen molar-refractivity contribution in [2.75, 3.05) is 0 Å². The maximum Gasteiger partial charge on any atom is 0.247 e. The summed E-state index contributed by atoms with van der Waals surface area (Å²) in [6.07, 6.45) is 9.33. The molecule has 3 aromatic rings. The first-order chi connectivity index (χ1) is 14.5. The van der Waals surface area contributed by atoms with E-state index in [4.69, 9.17) is 5.10 Å². The van der Waals surface area contributed by atoms with E-state index < -0.39 is 0 Å². The second-order valence-corrected chi connectivity index (χ2v) is 8.11. The van der Waals surface area contributed by atoms with Gasteiger partial charge in [0.25, 0.3) is 0 Å². The van der Waals surface area contributed by atoms with Crippen LogP contribution in [0.4, 0.5) is 0 Å². The van der Waals surface area contributed by atoms with E-state index in [0.717, 1.165) is 41.9 Å². The molecule has 1 aliphatic rings. The number of hydrogen-bond donors (Lipinski definition) is 0. The second-order valence-electron chi connectivity index (χ2n) is 8.11. The molecule has 1 aliphatic carbocycles. The van der Waals surface area contributed by atoms with E-state index in [1.54, 1.807) is 18.5 Å². The Bertz CT molecular complexity index is 1050. The lowest BCUT2D eigenvalue weighted by Gasteiger charge is -2.20. The molecule has 0 aliphatic heterocycles. The van der Waals surface area contributed by atoms with Crippen LogP contribution < -0.4 is 0 Å². The second kappa shape index (κ2) is 8.66. The molecule has 5 nitrogen and oxygen atoms in total. The van der Waals surface area contributed by atoms with Crippen molar-refractivity contribution >= 4 is 12.0 Å². The number of carbonyl (C=O) groups excluding carboxylic acids is 1. The van der Waals surface area contributed by atoms with Gasteiger partial charge in [0.2, 0.25) is 5.91 Å². The summed E-state index contributed by atoms with van der Waals surface area (Å²) in [4.78, 5) is 19.0. The first kappa shape index (κ1) is 20.1. The Labute approximate surface area is 178 Å². The van der Waals surface area contributed by atoms with Gasteiger partial charge in [0, 0.05) is 42.3 Å². The molecule has 1 aromatic carbocycles. The largest absolute Gasteiger partial charge is 0.332 e. The highest BCUT2D eigenvalue weighted by atomic mass is 16.2. The zero-order valence-corrected chi connectivity index (χ0v) is 17.9. The van der Waals surface area contributed by atoms with E-state index in [1.165, 1.54) is 11.1 Å². The third-order valence-corrected chi connectivity index (χ3v) is 5.66. The molecule has 4 rings (SSSR count). The van der Waals surface area contributed by atoms with Crippen molar-refractivity contribution in [1.82, 2.24) is 19.7 Å². The van der Waals surface area contributed by atoms with Crippen LogP contribution in [-0.2, 0) is 17.9 Å². The van der Waals surface area contributed by atoms with Crippen LogP contribution in [0.5, 0.6) is 0 Å². The molecule has 1 fully saturated rings. The number of nitrogens with zero attached hydrogens (tertiary/aromatic N) is 4. The van der Waals surface area contributed by atoms with Crippen LogP contribution in [0.3, 0.4) is 0 Å². The summed E-state index contributed by atoms with van der Waals surface area (Å²) in [6, 6.07) is 12.8. The predicted molar refractivity (Wildman–Crippen MR) is 119 cm³/mol. The maximum atomic E-state index is 13.0. The van der Waals surface area contributed by atoms with Gasteiger partial charge < -0.3 is 4.90 Å². The first-order valence-electron chi connectivity index (χ1n) is 10.5. The summed E-state index contributed by atoms with van der Waals surface area (Å²) in [5, 5.41) is 4.70. The van der Waals surface area contributed by atoms with Crippen LogP contribution in [0.1, 0.15) is 46.5 Å². The van der Waals surface area contributed by atoms with Gasteiger partial charge in [-0.3, -0.25) is 14.5 Å². The summed E-state index contributed by atoms with van der Waals surface area (Å²) >= 11 is 0. The minimum absolute atomic E-state index is 0.0550. The molecule has 0 saturated heterocycles. The average Bonchev–Trinajstić information content (AvgIpc) is 3.55. The fourth-order valence-corrected chi connectivity index (χ4v) is 3.68. The minimum Gasteiger partial charge on any atom is -0.332 e. The zero-order chi connectivity index (χ0) is 21.1. The molecule has 0 spiro atoms. The Morgan fingerprint density at radius 3 is 2.43 bits per heavy atom. The number of pyridine rings is 1. The van der Waals surface area contributed by atoms with E-state index in [0.29, 0.717) is 12.6 Å². The predicted octanol–water partition coefficient (Wildman–Crippen LogP) is 4.46. The van der Waals surface area contributed by atoms with Gasteiger partial charge in [-0.1, -0.05) is 29.8 Å². The van der Waals surface area contributed by atoms with Crippen molar-refractivity contribution in [3.8, 4) is 0 Å². The summed E-state index contributed by atoms with van der Waals surface area (Å²) in [7, 11) is 0. The number of amides is 1. The van der Waals surface area contributed by atoms with Crippen LogP contribution in [-0.4, -0.2) is 31.6 Å². The van der Waals surface area contributed by atoms with Crippen LogP contribution >= 0.6 is 0 Å². The third kappa shape index (κ3) is 4.67. The van der Waals surface area contributed by atoms with Gasteiger partial charge in [-0.15, -0.1) is 0 Å². The highest BCUT2D eigenvalue weighted by Crippen LogP contribution is 2.29. The van der Waals surface area contributed by atoms with E-state index >= 15 is 0 Å². The number of aryl methyl sites for hydroxylation is 2. The lowest BCUT2D eigenvalue weighted by molar-refractivity contribution is -0.127.